The second-order valence-electron chi connectivity index (χ2n) is 4.26. The van der Waals surface area contributed by atoms with E-state index in [0.717, 1.165) is 20.1 Å². The van der Waals surface area contributed by atoms with E-state index >= 15 is 0 Å². The third kappa shape index (κ3) is 2.51. The zero-order valence-electron chi connectivity index (χ0n) is 10.1. The average Bonchev–Trinajstić information content (AvgIpc) is 2.42. The molecule has 0 spiro atoms. The Balaban J connectivity index is 2.06. The van der Waals surface area contributed by atoms with Crippen molar-refractivity contribution in [3.05, 3.63) is 64.2 Å². The van der Waals surface area contributed by atoms with Gasteiger partial charge in [-0.1, -0.05) is 36.4 Å². The van der Waals surface area contributed by atoms with Gasteiger partial charge in [-0.2, -0.15) is 0 Å². The summed E-state index contributed by atoms with van der Waals surface area (Å²) in [4.78, 5) is 0. The van der Waals surface area contributed by atoms with Gasteiger partial charge in [-0.15, -0.1) is 0 Å². The molecule has 0 bridgehead atoms. The predicted molar refractivity (Wildman–Crippen MR) is 87.6 cm³/mol. The summed E-state index contributed by atoms with van der Waals surface area (Å²) in [5, 5.41) is 2.24. The molecule has 3 heteroatoms. The van der Waals surface area contributed by atoms with Crippen LogP contribution < -0.4 is 10.5 Å². The molecule has 0 fully saturated rings. The molecule has 0 aliphatic carbocycles. The highest BCUT2D eigenvalue weighted by Crippen LogP contribution is 2.33. The lowest BCUT2D eigenvalue weighted by molar-refractivity contribution is 0.490. The summed E-state index contributed by atoms with van der Waals surface area (Å²) in [5.41, 5.74) is 6.64. The molecule has 2 N–H and O–H groups in total. The van der Waals surface area contributed by atoms with Gasteiger partial charge in [0.2, 0.25) is 0 Å². The lowest BCUT2D eigenvalue weighted by Gasteiger charge is -2.11. The van der Waals surface area contributed by atoms with Crippen molar-refractivity contribution in [2.45, 2.75) is 0 Å². The molecular formula is C16H12INO. The largest absolute Gasteiger partial charge is 0.455 e. The van der Waals surface area contributed by atoms with Crippen LogP contribution in [0.4, 0.5) is 5.69 Å². The number of nitrogens with two attached hydrogens (primary N) is 1. The Bertz CT molecular complexity index is 734. The van der Waals surface area contributed by atoms with Crippen LogP contribution in [0.5, 0.6) is 11.5 Å². The van der Waals surface area contributed by atoms with Crippen molar-refractivity contribution in [3.8, 4) is 11.5 Å². The van der Waals surface area contributed by atoms with Gasteiger partial charge in [0, 0.05) is 8.96 Å². The Morgan fingerprint density at radius 1 is 0.842 bits per heavy atom. The van der Waals surface area contributed by atoms with Gasteiger partial charge in [-0.25, -0.2) is 0 Å². The maximum absolute atomic E-state index is 5.98. The van der Waals surface area contributed by atoms with Crippen LogP contribution in [-0.2, 0) is 0 Å². The van der Waals surface area contributed by atoms with E-state index < -0.39 is 0 Å². The van der Waals surface area contributed by atoms with E-state index in [1.54, 1.807) is 0 Å². The highest BCUT2D eigenvalue weighted by molar-refractivity contribution is 14.1. The van der Waals surface area contributed by atoms with Crippen LogP contribution in [0.2, 0.25) is 0 Å². The molecule has 94 valence electrons. The number of hydrogen-bond acceptors (Lipinski definition) is 2. The lowest BCUT2D eigenvalue weighted by atomic mass is 10.1. The number of benzene rings is 3. The van der Waals surface area contributed by atoms with Crippen molar-refractivity contribution >= 4 is 39.1 Å². The fraction of sp³-hybridized carbons (Fsp3) is 0. The fourth-order valence-electron chi connectivity index (χ4n) is 2.02. The first-order valence-electron chi connectivity index (χ1n) is 5.95. The standard InChI is InChI=1S/C16H12INO/c17-12-8-9-16(14(18)10-12)19-15-7-3-5-11-4-1-2-6-13(11)15/h1-10H,18H2. The predicted octanol–water partition coefficient (Wildman–Crippen LogP) is 4.82. The quantitative estimate of drug-likeness (QED) is 0.525. The summed E-state index contributed by atoms with van der Waals surface area (Å²) in [6.07, 6.45) is 0. The smallest absolute Gasteiger partial charge is 0.150 e. The number of anilines is 1. The van der Waals surface area contributed by atoms with Crippen molar-refractivity contribution < 1.29 is 4.74 Å². The van der Waals surface area contributed by atoms with Gasteiger partial charge in [0.25, 0.3) is 0 Å². The third-order valence-electron chi connectivity index (χ3n) is 2.94. The minimum atomic E-state index is 0.653. The monoisotopic (exact) mass is 361 g/mol. The Kier molecular flexibility index (Phi) is 3.29. The molecule has 0 amide bonds. The Hall–Kier alpha value is -1.75. The molecule has 3 aromatic rings. The molecule has 0 aromatic heterocycles. The molecule has 3 aromatic carbocycles. The summed E-state index contributed by atoms with van der Waals surface area (Å²) >= 11 is 2.23. The molecular weight excluding hydrogens is 349 g/mol. The number of halogens is 1. The molecule has 19 heavy (non-hydrogen) atoms. The molecule has 0 saturated carbocycles. The Labute approximate surface area is 125 Å². The van der Waals surface area contributed by atoms with Crippen molar-refractivity contribution in [1.29, 1.82) is 0 Å². The van der Waals surface area contributed by atoms with Crippen LogP contribution in [0.15, 0.2) is 60.7 Å². The van der Waals surface area contributed by atoms with E-state index in [2.05, 4.69) is 34.7 Å². The van der Waals surface area contributed by atoms with E-state index in [1.807, 2.05) is 48.5 Å². The number of rotatable bonds is 2. The van der Waals surface area contributed by atoms with Gasteiger partial charge < -0.3 is 10.5 Å². The third-order valence-corrected chi connectivity index (χ3v) is 3.61. The number of nitrogen functional groups attached to an aromatic ring is 1. The van der Waals surface area contributed by atoms with Gasteiger partial charge in [-0.05, 0) is 52.2 Å². The van der Waals surface area contributed by atoms with E-state index in [0.29, 0.717) is 11.4 Å². The molecule has 0 radical (unpaired) electrons. The molecule has 0 heterocycles. The molecule has 0 unspecified atom stereocenters. The Morgan fingerprint density at radius 3 is 2.47 bits per heavy atom. The average molecular weight is 361 g/mol. The maximum atomic E-state index is 5.98. The molecule has 3 rings (SSSR count). The normalized spacial score (nSPS) is 10.6. The lowest BCUT2D eigenvalue weighted by Crippen LogP contribution is -1.93. The summed E-state index contributed by atoms with van der Waals surface area (Å²) in [7, 11) is 0. The van der Waals surface area contributed by atoms with Gasteiger partial charge >= 0.3 is 0 Å². The summed E-state index contributed by atoms with van der Waals surface area (Å²) < 4.78 is 7.05. The van der Waals surface area contributed by atoms with Crippen LogP contribution in [0.3, 0.4) is 0 Å². The van der Waals surface area contributed by atoms with E-state index in [1.165, 1.54) is 0 Å². The van der Waals surface area contributed by atoms with Crippen molar-refractivity contribution in [2.24, 2.45) is 0 Å². The molecule has 2 nitrogen and oxygen atoms in total. The first-order chi connectivity index (χ1) is 9.24. The van der Waals surface area contributed by atoms with Crippen LogP contribution >= 0.6 is 22.6 Å². The zero-order chi connectivity index (χ0) is 13.2. The van der Waals surface area contributed by atoms with Crippen molar-refractivity contribution in [3.63, 3.8) is 0 Å². The minimum absolute atomic E-state index is 0.653. The first-order valence-corrected chi connectivity index (χ1v) is 7.02. The summed E-state index contributed by atoms with van der Waals surface area (Å²) in [5.74, 6) is 1.52. The fourth-order valence-corrected chi connectivity index (χ4v) is 2.53. The van der Waals surface area contributed by atoms with Crippen LogP contribution in [0.1, 0.15) is 0 Å². The highest BCUT2D eigenvalue weighted by Gasteiger charge is 2.05. The molecule has 0 saturated heterocycles. The summed E-state index contributed by atoms with van der Waals surface area (Å²) in [6, 6.07) is 19.9. The molecule has 0 atom stereocenters. The highest BCUT2D eigenvalue weighted by atomic mass is 127. The molecule has 0 aliphatic rings. The van der Waals surface area contributed by atoms with E-state index in [9.17, 15) is 0 Å². The van der Waals surface area contributed by atoms with Crippen LogP contribution in [0.25, 0.3) is 10.8 Å². The molecule has 0 aliphatic heterocycles. The summed E-state index contributed by atoms with van der Waals surface area (Å²) in [6.45, 7) is 0. The van der Waals surface area contributed by atoms with Gasteiger partial charge in [-0.3, -0.25) is 0 Å². The Morgan fingerprint density at radius 2 is 1.63 bits per heavy atom. The van der Waals surface area contributed by atoms with E-state index in [4.69, 9.17) is 10.5 Å². The zero-order valence-corrected chi connectivity index (χ0v) is 12.3. The van der Waals surface area contributed by atoms with Gasteiger partial charge in [0.15, 0.2) is 0 Å². The van der Waals surface area contributed by atoms with Crippen LogP contribution in [-0.4, -0.2) is 0 Å². The van der Waals surface area contributed by atoms with Gasteiger partial charge in [0.05, 0.1) is 5.69 Å². The second kappa shape index (κ2) is 5.09. The first kappa shape index (κ1) is 12.3. The van der Waals surface area contributed by atoms with Crippen LogP contribution in [0, 0.1) is 3.57 Å². The number of ether oxygens (including phenoxy) is 1. The maximum Gasteiger partial charge on any atom is 0.150 e. The van der Waals surface area contributed by atoms with E-state index in [-0.39, 0.29) is 0 Å². The van der Waals surface area contributed by atoms with Crippen molar-refractivity contribution in [2.75, 3.05) is 5.73 Å². The number of fused-ring (bicyclic) bond motifs is 1. The minimum Gasteiger partial charge on any atom is -0.455 e. The SMILES string of the molecule is Nc1cc(I)ccc1Oc1cccc2ccccc12. The topological polar surface area (TPSA) is 35.2 Å². The number of hydrogen-bond donors (Lipinski definition) is 1. The second-order valence-corrected chi connectivity index (χ2v) is 5.51. The van der Waals surface area contributed by atoms with Crippen molar-refractivity contribution in [1.82, 2.24) is 0 Å². The van der Waals surface area contributed by atoms with Gasteiger partial charge in [0.1, 0.15) is 11.5 Å².